The van der Waals surface area contributed by atoms with E-state index in [0.29, 0.717) is 6.54 Å². The van der Waals surface area contributed by atoms with Crippen LogP contribution < -0.4 is 5.32 Å². The minimum atomic E-state index is -0.690. The first kappa shape index (κ1) is 8.72. The molecule has 2 N–H and O–H groups in total. The van der Waals surface area contributed by atoms with Crippen LogP contribution in [0.3, 0.4) is 0 Å². The van der Waals surface area contributed by atoms with Gasteiger partial charge in [0.05, 0.1) is 11.6 Å². The molecule has 2 heterocycles. The highest BCUT2D eigenvalue weighted by Gasteiger charge is 2.35. The summed E-state index contributed by atoms with van der Waals surface area (Å²) in [6.07, 6.45) is 4.58. The summed E-state index contributed by atoms with van der Waals surface area (Å²) in [7, 11) is 0. The Morgan fingerprint density at radius 2 is 2.54 bits per heavy atom. The third-order valence-electron chi connectivity index (χ3n) is 2.64. The fraction of sp³-hybridized carbons (Fsp3) is 0.667. The van der Waals surface area contributed by atoms with Crippen molar-refractivity contribution in [1.82, 2.24) is 15.1 Å². The van der Waals surface area contributed by atoms with E-state index in [1.807, 2.05) is 23.9 Å². The fourth-order valence-corrected chi connectivity index (χ4v) is 1.89. The molecule has 0 radical (unpaired) electrons. The number of aromatic nitrogens is 2. The van der Waals surface area contributed by atoms with E-state index in [0.717, 1.165) is 13.0 Å². The lowest BCUT2D eigenvalue weighted by atomic mass is 9.90. The average Bonchev–Trinajstić information content (AvgIpc) is 2.55. The number of rotatable bonds is 1. The highest BCUT2D eigenvalue weighted by atomic mass is 16.3. The predicted octanol–water partition coefficient (Wildman–Crippen LogP) is 0.168. The number of hydrogen-bond acceptors (Lipinski definition) is 3. The van der Waals surface area contributed by atoms with Crippen molar-refractivity contribution in [3.63, 3.8) is 0 Å². The minimum absolute atomic E-state index is 0.101. The second-order valence-corrected chi connectivity index (χ2v) is 3.82. The van der Waals surface area contributed by atoms with Gasteiger partial charge in [-0.3, -0.25) is 4.68 Å². The summed E-state index contributed by atoms with van der Waals surface area (Å²) in [6.45, 7) is 3.43. The van der Waals surface area contributed by atoms with Crippen molar-refractivity contribution >= 4 is 0 Å². The van der Waals surface area contributed by atoms with Crippen molar-refractivity contribution < 1.29 is 5.11 Å². The van der Waals surface area contributed by atoms with Crippen LogP contribution in [0.4, 0.5) is 0 Å². The zero-order valence-corrected chi connectivity index (χ0v) is 7.77. The van der Waals surface area contributed by atoms with Crippen LogP contribution in [-0.2, 0) is 0 Å². The number of β-amino-alcohol motifs (C(OH)–C–C–N with tert-alkyl or cyclic N) is 1. The van der Waals surface area contributed by atoms with E-state index in [1.165, 1.54) is 0 Å². The average molecular weight is 181 g/mol. The third-order valence-corrected chi connectivity index (χ3v) is 2.64. The summed E-state index contributed by atoms with van der Waals surface area (Å²) >= 11 is 0. The fourth-order valence-electron chi connectivity index (χ4n) is 1.89. The maximum Gasteiger partial charge on any atom is 0.0966 e. The molecule has 4 nitrogen and oxygen atoms in total. The Morgan fingerprint density at radius 3 is 3.15 bits per heavy atom. The van der Waals surface area contributed by atoms with E-state index in [-0.39, 0.29) is 6.04 Å². The van der Waals surface area contributed by atoms with E-state index in [9.17, 15) is 5.11 Å². The van der Waals surface area contributed by atoms with Gasteiger partial charge < -0.3 is 10.4 Å². The summed E-state index contributed by atoms with van der Waals surface area (Å²) < 4.78 is 1.85. The Morgan fingerprint density at radius 1 is 1.69 bits per heavy atom. The molecule has 0 aromatic carbocycles. The number of nitrogens with zero attached hydrogens (tertiary/aromatic N) is 2. The molecule has 1 aliphatic rings. The molecule has 0 saturated carbocycles. The molecular weight excluding hydrogens is 166 g/mol. The van der Waals surface area contributed by atoms with Crippen LogP contribution in [0.25, 0.3) is 0 Å². The Balaban J connectivity index is 2.21. The molecule has 2 atom stereocenters. The van der Waals surface area contributed by atoms with E-state index in [2.05, 4.69) is 10.4 Å². The van der Waals surface area contributed by atoms with Gasteiger partial charge in [-0.25, -0.2) is 0 Å². The van der Waals surface area contributed by atoms with E-state index in [1.54, 1.807) is 6.20 Å². The molecule has 1 aromatic rings. The molecule has 0 spiro atoms. The third kappa shape index (κ3) is 1.59. The van der Waals surface area contributed by atoms with Gasteiger partial charge in [0, 0.05) is 18.9 Å². The molecule has 0 unspecified atom stereocenters. The molecule has 1 aromatic heterocycles. The number of aliphatic hydroxyl groups is 1. The van der Waals surface area contributed by atoms with Crippen molar-refractivity contribution in [3.05, 3.63) is 18.5 Å². The van der Waals surface area contributed by atoms with Gasteiger partial charge in [-0.05, 0) is 26.0 Å². The van der Waals surface area contributed by atoms with Crippen LogP contribution in [0, 0.1) is 0 Å². The van der Waals surface area contributed by atoms with Crippen molar-refractivity contribution in [3.8, 4) is 0 Å². The van der Waals surface area contributed by atoms with E-state index in [4.69, 9.17) is 0 Å². The van der Waals surface area contributed by atoms with Gasteiger partial charge in [-0.15, -0.1) is 0 Å². The maximum atomic E-state index is 10.1. The topological polar surface area (TPSA) is 50.1 Å². The molecule has 2 rings (SSSR count). The lowest BCUT2D eigenvalue weighted by Crippen LogP contribution is -2.50. The first-order valence-corrected chi connectivity index (χ1v) is 4.62. The number of piperidine rings is 1. The van der Waals surface area contributed by atoms with Gasteiger partial charge in [-0.2, -0.15) is 5.10 Å². The molecule has 1 saturated heterocycles. The van der Waals surface area contributed by atoms with Crippen LogP contribution in [0.5, 0.6) is 0 Å². The zero-order chi connectivity index (χ0) is 9.31. The molecule has 0 bridgehead atoms. The summed E-state index contributed by atoms with van der Waals surface area (Å²) in [5, 5.41) is 17.4. The summed E-state index contributed by atoms with van der Waals surface area (Å²) in [4.78, 5) is 0. The van der Waals surface area contributed by atoms with Crippen LogP contribution in [0.2, 0.25) is 0 Å². The monoisotopic (exact) mass is 181 g/mol. The maximum absolute atomic E-state index is 10.1. The molecule has 4 heteroatoms. The summed E-state index contributed by atoms with van der Waals surface area (Å²) in [5.74, 6) is 0. The van der Waals surface area contributed by atoms with Crippen LogP contribution in [0.1, 0.15) is 19.4 Å². The van der Waals surface area contributed by atoms with Crippen LogP contribution in [0.15, 0.2) is 18.5 Å². The normalized spacial score (nSPS) is 34.8. The van der Waals surface area contributed by atoms with Gasteiger partial charge in [0.2, 0.25) is 0 Å². The van der Waals surface area contributed by atoms with Crippen molar-refractivity contribution in [2.45, 2.75) is 25.0 Å². The van der Waals surface area contributed by atoms with E-state index < -0.39 is 5.60 Å². The lowest BCUT2D eigenvalue weighted by Gasteiger charge is -2.37. The van der Waals surface area contributed by atoms with Crippen molar-refractivity contribution in [2.75, 3.05) is 13.1 Å². The highest BCUT2D eigenvalue weighted by molar-refractivity contribution is 4.94. The standard InChI is InChI=1S/C9H15N3O/c1-9(13)7-10-5-3-8(9)12-6-2-4-11-12/h2,4,6,8,10,13H,3,5,7H2,1H3/t8-,9-/m1/s1. The Bertz CT molecular complexity index is 268. The van der Waals surface area contributed by atoms with Gasteiger partial charge >= 0.3 is 0 Å². The number of hydrogen-bond donors (Lipinski definition) is 2. The molecule has 72 valence electrons. The molecular formula is C9H15N3O. The van der Waals surface area contributed by atoms with Gasteiger partial charge in [0.25, 0.3) is 0 Å². The molecule has 13 heavy (non-hydrogen) atoms. The Hall–Kier alpha value is -0.870. The zero-order valence-electron chi connectivity index (χ0n) is 7.77. The van der Waals surface area contributed by atoms with Crippen molar-refractivity contribution in [2.24, 2.45) is 0 Å². The Kier molecular flexibility index (Phi) is 2.09. The van der Waals surface area contributed by atoms with Gasteiger partial charge in [0.15, 0.2) is 0 Å². The first-order valence-electron chi connectivity index (χ1n) is 4.62. The molecule has 1 aliphatic heterocycles. The highest BCUT2D eigenvalue weighted by Crippen LogP contribution is 2.27. The predicted molar refractivity (Wildman–Crippen MR) is 49.4 cm³/mol. The first-order chi connectivity index (χ1) is 6.20. The Labute approximate surface area is 77.6 Å². The second-order valence-electron chi connectivity index (χ2n) is 3.82. The van der Waals surface area contributed by atoms with Crippen molar-refractivity contribution in [1.29, 1.82) is 0 Å². The summed E-state index contributed by atoms with van der Waals surface area (Å²) in [5.41, 5.74) is -0.690. The smallest absolute Gasteiger partial charge is 0.0966 e. The van der Waals surface area contributed by atoms with Crippen LogP contribution >= 0.6 is 0 Å². The minimum Gasteiger partial charge on any atom is -0.387 e. The van der Waals surface area contributed by atoms with E-state index >= 15 is 0 Å². The van der Waals surface area contributed by atoms with Gasteiger partial charge in [0.1, 0.15) is 0 Å². The molecule has 1 fully saturated rings. The lowest BCUT2D eigenvalue weighted by molar-refractivity contribution is -0.0173. The largest absolute Gasteiger partial charge is 0.387 e. The molecule has 0 amide bonds. The second kappa shape index (κ2) is 3.12. The van der Waals surface area contributed by atoms with Crippen LogP contribution in [-0.4, -0.2) is 33.6 Å². The SMILES string of the molecule is C[C@@]1(O)CNCC[C@H]1n1cccn1. The number of nitrogens with one attached hydrogen (secondary N) is 1. The summed E-state index contributed by atoms with van der Waals surface area (Å²) in [6, 6.07) is 1.99. The molecule has 0 aliphatic carbocycles. The van der Waals surface area contributed by atoms with Gasteiger partial charge in [-0.1, -0.05) is 0 Å². The quantitative estimate of drug-likeness (QED) is 0.649.